The van der Waals surface area contributed by atoms with Crippen LogP contribution in [0.1, 0.15) is 23.1 Å². The molecule has 0 saturated heterocycles. The number of benzene rings is 1. The van der Waals surface area contributed by atoms with Crippen LogP contribution in [0.5, 0.6) is 0 Å². The van der Waals surface area contributed by atoms with E-state index in [0.29, 0.717) is 5.56 Å². The number of nitrogens with zero attached hydrogens (tertiary/aromatic N) is 2. The number of rotatable bonds is 8. The number of aromatic nitrogens is 2. The number of aryl methyl sites for hydroxylation is 1. The van der Waals surface area contributed by atoms with Gasteiger partial charge in [0.15, 0.2) is 5.82 Å². The van der Waals surface area contributed by atoms with E-state index >= 15 is 0 Å². The molecular formula is C19H13F13N2O. The number of ketones is 1. The number of halogens is 13. The third-order valence-electron chi connectivity index (χ3n) is 5.13. The molecule has 1 aromatic carbocycles. The van der Waals surface area contributed by atoms with Gasteiger partial charge in [-0.2, -0.15) is 57.1 Å². The highest BCUT2D eigenvalue weighted by atomic mass is 19.4. The van der Waals surface area contributed by atoms with Crippen molar-refractivity contribution in [2.75, 3.05) is 0 Å². The summed E-state index contributed by atoms with van der Waals surface area (Å²) >= 11 is 0. The van der Waals surface area contributed by atoms with Gasteiger partial charge in [-0.15, -0.1) is 0 Å². The van der Waals surface area contributed by atoms with Gasteiger partial charge < -0.3 is 0 Å². The van der Waals surface area contributed by atoms with Crippen LogP contribution in [0.25, 0.3) is 5.69 Å². The average Bonchev–Trinajstić information content (AvgIpc) is 3.21. The standard InChI is InChI=1S/C19H13F13N2O/c1-9-5-3-4-6-11(9)34-8-7-33-13(34)12(35)10(2)14(20,21)15(22,23)16(24,25)17(26,27)18(28,29)19(30,31)32/h3-8,10H,1-2H3/t10-/m1/s1. The molecule has 1 heterocycles. The Kier molecular flexibility index (Phi) is 6.82. The van der Waals surface area contributed by atoms with Crippen LogP contribution in [0, 0.1) is 12.8 Å². The molecule has 35 heavy (non-hydrogen) atoms. The number of hydrogen-bond donors (Lipinski definition) is 0. The van der Waals surface area contributed by atoms with E-state index < -0.39 is 53.3 Å². The fraction of sp³-hybridized carbons (Fsp3) is 0.474. The Morgan fingerprint density at radius 3 is 1.77 bits per heavy atom. The van der Waals surface area contributed by atoms with Crippen LogP contribution in [-0.2, 0) is 0 Å². The molecule has 1 atom stereocenters. The van der Waals surface area contributed by atoms with E-state index in [-0.39, 0.29) is 12.6 Å². The predicted octanol–water partition coefficient (Wildman–Crippen LogP) is 6.74. The van der Waals surface area contributed by atoms with Crippen LogP contribution in [-0.4, -0.2) is 51.1 Å². The number of para-hydroxylation sites is 1. The van der Waals surface area contributed by atoms with E-state index in [1.165, 1.54) is 31.2 Å². The van der Waals surface area contributed by atoms with E-state index in [1.807, 2.05) is 0 Å². The van der Waals surface area contributed by atoms with Crippen LogP contribution in [0.15, 0.2) is 36.7 Å². The first-order valence-corrected chi connectivity index (χ1v) is 9.16. The van der Waals surface area contributed by atoms with E-state index in [0.717, 1.165) is 17.0 Å². The van der Waals surface area contributed by atoms with Gasteiger partial charge in [0, 0.05) is 12.4 Å². The van der Waals surface area contributed by atoms with Gasteiger partial charge in [-0.25, -0.2) is 4.98 Å². The Hall–Kier alpha value is -2.81. The maximum absolute atomic E-state index is 14.4. The largest absolute Gasteiger partial charge is 0.460 e. The number of carbonyl (C=O) groups is 1. The van der Waals surface area contributed by atoms with Gasteiger partial charge in [-0.05, 0) is 25.5 Å². The molecule has 0 fully saturated rings. The summed E-state index contributed by atoms with van der Waals surface area (Å²) < 4.78 is 175. The van der Waals surface area contributed by atoms with E-state index in [1.54, 1.807) is 0 Å². The second-order valence-electron chi connectivity index (χ2n) is 7.41. The quantitative estimate of drug-likeness (QED) is 0.279. The van der Waals surface area contributed by atoms with E-state index in [2.05, 4.69) is 4.98 Å². The van der Waals surface area contributed by atoms with Gasteiger partial charge >= 0.3 is 35.8 Å². The van der Waals surface area contributed by atoms with Crippen molar-refractivity contribution in [2.24, 2.45) is 5.92 Å². The number of hydrogen-bond acceptors (Lipinski definition) is 2. The highest BCUT2D eigenvalue weighted by Gasteiger charge is 2.91. The zero-order chi connectivity index (χ0) is 27.4. The van der Waals surface area contributed by atoms with Crippen LogP contribution >= 0.6 is 0 Å². The van der Waals surface area contributed by atoms with Crippen molar-refractivity contribution in [2.45, 2.75) is 49.6 Å². The van der Waals surface area contributed by atoms with Crippen molar-refractivity contribution in [1.82, 2.24) is 9.55 Å². The van der Waals surface area contributed by atoms with Crippen molar-refractivity contribution in [1.29, 1.82) is 0 Å². The summed E-state index contributed by atoms with van der Waals surface area (Å²) in [5.41, 5.74) is 0.460. The Labute approximate surface area is 187 Å². The zero-order valence-corrected chi connectivity index (χ0v) is 17.3. The summed E-state index contributed by atoms with van der Waals surface area (Å²) in [6.07, 6.45) is -5.72. The molecule has 196 valence electrons. The number of Topliss-reactive ketones (excluding diaryl/α,β-unsaturated/α-hetero) is 1. The third-order valence-corrected chi connectivity index (χ3v) is 5.13. The molecule has 0 aliphatic heterocycles. The summed E-state index contributed by atoms with van der Waals surface area (Å²) in [6, 6.07) is 5.66. The SMILES string of the molecule is Cc1ccccc1-n1ccnc1C(=O)[C@@H](C)C(F)(F)C(F)(F)C(F)(F)C(F)(F)C(F)(F)C(F)(F)F. The fourth-order valence-electron chi connectivity index (χ4n) is 2.93. The normalized spacial score (nSPS) is 15.3. The number of imidazole rings is 1. The highest BCUT2D eigenvalue weighted by molar-refractivity contribution is 5.96. The van der Waals surface area contributed by atoms with Crippen molar-refractivity contribution < 1.29 is 61.9 Å². The van der Waals surface area contributed by atoms with E-state index in [9.17, 15) is 61.9 Å². The van der Waals surface area contributed by atoms with Crippen LogP contribution in [0.3, 0.4) is 0 Å². The summed E-state index contributed by atoms with van der Waals surface area (Å²) in [4.78, 5) is 15.8. The Morgan fingerprint density at radius 1 is 0.800 bits per heavy atom. The molecule has 0 aliphatic carbocycles. The lowest BCUT2D eigenvalue weighted by Crippen LogP contribution is -2.71. The fourth-order valence-corrected chi connectivity index (χ4v) is 2.93. The minimum atomic E-state index is -8.03. The van der Waals surface area contributed by atoms with Crippen molar-refractivity contribution >= 4 is 5.78 Å². The average molecular weight is 532 g/mol. The molecule has 0 spiro atoms. The van der Waals surface area contributed by atoms with Crippen LogP contribution < -0.4 is 0 Å². The molecule has 0 saturated carbocycles. The first-order chi connectivity index (χ1) is 15.6. The van der Waals surface area contributed by atoms with Gasteiger partial charge in [0.05, 0.1) is 11.6 Å². The monoisotopic (exact) mass is 532 g/mol. The molecule has 16 heteroatoms. The van der Waals surface area contributed by atoms with Crippen molar-refractivity contribution in [3.63, 3.8) is 0 Å². The molecule has 1 aromatic heterocycles. The third kappa shape index (κ3) is 4.03. The predicted molar refractivity (Wildman–Crippen MR) is 92.6 cm³/mol. The second-order valence-corrected chi connectivity index (χ2v) is 7.41. The number of alkyl halides is 13. The van der Waals surface area contributed by atoms with Crippen LogP contribution in [0.2, 0.25) is 0 Å². The van der Waals surface area contributed by atoms with Crippen molar-refractivity contribution in [3.8, 4) is 5.69 Å². The van der Waals surface area contributed by atoms with Gasteiger partial charge in [-0.1, -0.05) is 18.2 Å². The molecular weight excluding hydrogens is 519 g/mol. The van der Waals surface area contributed by atoms with E-state index in [4.69, 9.17) is 0 Å². The summed E-state index contributed by atoms with van der Waals surface area (Å²) in [5.74, 6) is -44.8. The molecule has 0 N–H and O–H groups in total. The summed E-state index contributed by atoms with van der Waals surface area (Å²) in [6.45, 7) is 1.34. The lowest BCUT2D eigenvalue weighted by atomic mass is 9.86. The van der Waals surface area contributed by atoms with Gasteiger partial charge in [0.2, 0.25) is 5.78 Å². The Balaban J connectivity index is 2.55. The molecule has 0 unspecified atom stereocenters. The van der Waals surface area contributed by atoms with Gasteiger partial charge in [-0.3, -0.25) is 9.36 Å². The van der Waals surface area contributed by atoms with Gasteiger partial charge in [0.1, 0.15) is 0 Å². The first-order valence-electron chi connectivity index (χ1n) is 9.16. The molecule has 0 aliphatic rings. The first kappa shape index (κ1) is 28.4. The van der Waals surface area contributed by atoms with Gasteiger partial charge in [0.25, 0.3) is 0 Å². The van der Waals surface area contributed by atoms with Crippen molar-refractivity contribution in [3.05, 3.63) is 48.0 Å². The zero-order valence-electron chi connectivity index (χ0n) is 17.3. The molecule has 2 rings (SSSR count). The smallest absolute Gasteiger partial charge is 0.297 e. The summed E-state index contributed by atoms with van der Waals surface area (Å²) in [5, 5.41) is 0. The number of carbonyl (C=O) groups excluding carboxylic acids is 1. The van der Waals surface area contributed by atoms with Crippen LogP contribution in [0.4, 0.5) is 57.1 Å². The Morgan fingerprint density at radius 2 is 1.29 bits per heavy atom. The Bertz CT molecular complexity index is 1090. The topological polar surface area (TPSA) is 34.9 Å². The molecule has 2 aromatic rings. The maximum Gasteiger partial charge on any atom is 0.460 e. The minimum absolute atomic E-state index is 0.0808. The summed E-state index contributed by atoms with van der Waals surface area (Å²) in [7, 11) is 0. The maximum atomic E-state index is 14.4. The second kappa shape index (κ2) is 8.40. The molecule has 0 bridgehead atoms. The molecule has 0 radical (unpaired) electrons. The molecule has 0 amide bonds. The minimum Gasteiger partial charge on any atom is -0.297 e. The highest BCUT2D eigenvalue weighted by Crippen LogP contribution is 2.61. The lowest BCUT2D eigenvalue weighted by molar-refractivity contribution is -0.441. The molecule has 3 nitrogen and oxygen atoms in total. The lowest BCUT2D eigenvalue weighted by Gasteiger charge is -2.40.